The summed E-state index contributed by atoms with van der Waals surface area (Å²) in [5.74, 6) is -1.36. The van der Waals surface area contributed by atoms with Gasteiger partial charge in [-0.15, -0.1) is 0 Å². The summed E-state index contributed by atoms with van der Waals surface area (Å²) in [5.41, 5.74) is 0.902. The van der Waals surface area contributed by atoms with E-state index >= 15 is 0 Å². The molecule has 0 spiro atoms. The summed E-state index contributed by atoms with van der Waals surface area (Å²) in [6.45, 7) is 1.64. The van der Waals surface area contributed by atoms with Crippen LogP contribution in [0.2, 0.25) is 0 Å². The number of cyclic esters (lactones) is 2. The molecule has 0 amide bonds. The Kier molecular flexibility index (Phi) is 1.39. The Labute approximate surface area is 73.8 Å². The molecule has 0 saturated heterocycles. The van der Waals surface area contributed by atoms with E-state index in [9.17, 15) is 14.7 Å². The Hall–Kier alpha value is -1.84. The molecule has 4 heteroatoms. The fraction of sp³-hybridized carbons (Fsp3) is 0.111. The first-order valence-corrected chi connectivity index (χ1v) is 3.69. The number of ether oxygens (including phenoxy) is 1. The van der Waals surface area contributed by atoms with Gasteiger partial charge in [-0.2, -0.15) is 0 Å². The molecule has 0 aliphatic carbocycles. The fourth-order valence-electron chi connectivity index (χ4n) is 1.23. The number of phenols is 1. The van der Waals surface area contributed by atoms with Crippen molar-refractivity contribution in [3.05, 3.63) is 28.8 Å². The average Bonchev–Trinajstić information content (AvgIpc) is 2.31. The van der Waals surface area contributed by atoms with E-state index in [1.807, 2.05) is 0 Å². The summed E-state index contributed by atoms with van der Waals surface area (Å²) in [7, 11) is 0. The van der Waals surface area contributed by atoms with Crippen molar-refractivity contribution >= 4 is 11.9 Å². The van der Waals surface area contributed by atoms with Gasteiger partial charge < -0.3 is 9.84 Å². The molecule has 0 bridgehead atoms. The van der Waals surface area contributed by atoms with Crippen LogP contribution >= 0.6 is 0 Å². The van der Waals surface area contributed by atoms with E-state index in [4.69, 9.17) is 0 Å². The minimum Gasteiger partial charge on any atom is -0.508 e. The Morgan fingerprint density at radius 1 is 1.15 bits per heavy atom. The molecule has 2 rings (SSSR count). The third-order valence-corrected chi connectivity index (χ3v) is 1.96. The number of aromatic hydroxyl groups is 1. The molecule has 1 N–H and O–H groups in total. The topological polar surface area (TPSA) is 63.6 Å². The average molecular weight is 178 g/mol. The first-order chi connectivity index (χ1) is 6.09. The summed E-state index contributed by atoms with van der Waals surface area (Å²) in [5, 5.41) is 9.27. The summed E-state index contributed by atoms with van der Waals surface area (Å²) >= 11 is 0. The number of carbonyl (C=O) groups is 2. The smallest absolute Gasteiger partial charge is 0.347 e. The van der Waals surface area contributed by atoms with Crippen molar-refractivity contribution < 1.29 is 19.4 Å². The van der Waals surface area contributed by atoms with Crippen molar-refractivity contribution in [1.82, 2.24) is 0 Å². The number of aryl methyl sites for hydroxylation is 1. The standard InChI is InChI=1S/C9H6O4/c1-4-2-5-6(3-7(4)10)9(12)13-8(5)11/h2-3,10H,1H3. The Morgan fingerprint density at radius 3 is 2.31 bits per heavy atom. The molecule has 13 heavy (non-hydrogen) atoms. The third-order valence-electron chi connectivity index (χ3n) is 1.96. The van der Waals surface area contributed by atoms with Gasteiger partial charge in [0, 0.05) is 0 Å². The van der Waals surface area contributed by atoms with E-state index in [2.05, 4.69) is 4.74 Å². The van der Waals surface area contributed by atoms with Crippen LogP contribution in [0, 0.1) is 6.92 Å². The zero-order valence-electron chi connectivity index (χ0n) is 6.83. The summed E-state index contributed by atoms with van der Waals surface area (Å²) in [6.07, 6.45) is 0. The molecule has 1 heterocycles. The lowest BCUT2D eigenvalue weighted by Crippen LogP contribution is -1.96. The van der Waals surface area contributed by atoms with Crippen LogP contribution in [0.3, 0.4) is 0 Å². The molecule has 66 valence electrons. The number of hydrogen-bond acceptors (Lipinski definition) is 4. The second-order valence-electron chi connectivity index (χ2n) is 2.86. The number of fused-ring (bicyclic) bond motifs is 1. The molecule has 1 aromatic rings. The maximum Gasteiger partial charge on any atom is 0.347 e. The van der Waals surface area contributed by atoms with E-state index < -0.39 is 11.9 Å². The lowest BCUT2D eigenvalue weighted by Gasteiger charge is -1.98. The van der Waals surface area contributed by atoms with Gasteiger partial charge in [0.1, 0.15) is 5.75 Å². The van der Waals surface area contributed by atoms with Crippen LogP contribution in [-0.4, -0.2) is 17.0 Å². The van der Waals surface area contributed by atoms with Crippen molar-refractivity contribution in [3.63, 3.8) is 0 Å². The number of phenolic OH excluding ortho intramolecular Hbond substituents is 1. The van der Waals surface area contributed by atoms with Gasteiger partial charge in [-0.1, -0.05) is 0 Å². The Morgan fingerprint density at radius 2 is 1.69 bits per heavy atom. The Bertz CT molecular complexity index is 381. The zero-order chi connectivity index (χ0) is 9.59. The third kappa shape index (κ3) is 0.989. The first-order valence-electron chi connectivity index (χ1n) is 3.69. The summed E-state index contributed by atoms with van der Waals surface area (Å²) in [4.78, 5) is 22.0. The zero-order valence-corrected chi connectivity index (χ0v) is 6.83. The minimum atomic E-state index is -0.699. The van der Waals surface area contributed by atoms with E-state index in [-0.39, 0.29) is 16.9 Å². The van der Waals surface area contributed by atoms with Crippen LogP contribution in [0.25, 0.3) is 0 Å². The summed E-state index contributed by atoms with van der Waals surface area (Å²) < 4.78 is 4.35. The highest BCUT2D eigenvalue weighted by Gasteiger charge is 2.30. The van der Waals surface area contributed by atoms with Gasteiger partial charge in [0.15, 0.2) is 0 Å². The molecule has 0 radical (unpaired) electrons. The number of esters is 2. The molecule has 1 aliphatic rings. The highest BCUT2D eigenvalue weighted by atomic mass is 16.6. The maximum atomic E-state index is 11.0. The predicted molar refractivity (Wildman–Crippen MR) is 42.6 cm³/mol. The van der Waals surface area contributed by atoms with E-state index in [0.717, 1.165) is 0 Å². The number of carbonyl (C=O) groups excluding carboxylic acids is 2. The van der Waals surface area contributed by atoms with Gasteiger partial charge in [0.2, 0.25) is 0 Å². The van der Waals surface area contributed by atoms with Crippen molar-refractivity contribution in [1.29, 1.82) is 0 Å². The van der Waals surface area contributed by atoms with Crippen LogP contribution in [0.4, 0.5) is 0 Å². The monoisotopic (exact) mass is 178 g/mol. The maximum absolute atomic E-state index is 11.0. The number of hydrogen-bond donors (Lipinski definition) is 1. The van der Waals surface area contributed by atoms with Crippen molar-refractivity contribution in [2.75, 3.05) is 0 Å². The van der Waals surface area contributed by atoms with Crippen LogP contribution in [0.5, 0.6) is 5.75 Å². The van der Waals surface area contributed by atoms with Gasteiger partial charge in [0.25, 0.3) is 0 Å². The van der Waals surface area contributed by atoms with E-state index in [0.29, 0.717) is 5.56 Å². The van der Waals surface area contributed by atoms with Gasteiger partial charge in [-0.05, 0) is 24.6 Å². The molecule has 0 saturated carbocycles. The van der Waals surface area contributed by atoms with E-state index in [1.54, 1.807) is 6.92 Å². The van der Waals surface area contributed by atoms with E-state index in [1.165, 1.54) is 12.1 Å². The molecule has 1 aromatic carbocycles. The molecule has 1 aliphatic heterocycles. The molecule has 0 unspecified atom stereocenters. The van der Waals surface area contributed by atoms with Crippen molar-refractivity contribution in [2.45, 2.75) is 6.92 Å². The second-order valence-corrected chi connectivity index (χ2v) is 2.86. The predicted octanol–water partition coefficient (Wildman–Crippen LogP) is 1.01. The van der Waals surface area contributed by atoms with Gasteiger partial charge >= 0.3 is 11.9 Å². The molecule has 0 fully saturated rings. The number of benzene rings is 1. The second kappa shape index (κ2) is 2.32. The highest BCUT2D eigenvalue weighted by Crippen LogP contribution is 2.27. The first kappa shape index (κ1) is 7.79. The van der Waals surface area contributed by atoms with Crippen molar-refractivity contribution in [2.24, 2.45) is 0 Å². The highest BCUT2D eigenvalue weighted by molar-refractivity contribution is 6.15. The van der Waals surface area contributed by atoms with Crippen LogP contribution in [-0.2, 0) is 4.74 Å². The van der Waals surface area contributed by atoms with Crippen LogP contribution < -0.4 is 0 Å². The molecule has 0 atom stereocenters. The fourth-order valence-corrected chi connectivity index (χ4v) is 1.23. The quantitative estimate of drug-likeness (QED) is 0.475. The molecular weight excluding hydrogens is 172 g/mol. The van der Waals surface area contributed by atoms with Crippen LogP contribution in [0.15, 0.2) is 12.1 Å². The van der Waals surface area contributed by atoms with Gasteiger partial charge in [-0.3, -0.25) is 0 Å². The Balaban J connectivity index is 2.72. The van der Waals surface area contributed by atoms with Crippen molar-refractivity contribution in [3.8, 4) is 5.75 Å². The summed E-state index contributed by atoms with van der Waals surface area (Å²) in [6, 6.07) is 2.69. The van der Waals surface area contributed by atoms with Gasteiger partial charge in [-0.25, -0.2) is 9.59 Å². The SMILES string of the molecule is Cc1cc2c(cc1O)C(=O)OC2=O. The lowest BCUT2D eigenvalue weighted by atomic mass is 10.1. The largest absolute Gasteiger partial charge is 0.508 e. The number of rotatable bonds is 0. The lowest BCUT2D eigenvalue weighted by molar-refractivity contribution is 0.0443. The molecule has 4 nitrogen and oxygen atoms in total. The van der Waals surface area contributed by atoms with Crippen LogP contribution in [0.1, 0.15) is 26.3 Å². The normalized spacial score (nSPS) is 14.2. The minimum absolute atomic E-state index is 0.00889. The molecule has 0 aromatic heterocycles. The molecular formula is C9H6O4. The van der Waals surface area contributed by atoms with Gasteiger partial charge in [0.05, 0.1) is 11.1 Å².